The Morgan fingerprint density at radius 3 is 2.61 bits per heavy atom. The van der Waals surface area contributed by atoms with E-state index in [1.807, 2.05) is 0 Å². The number of urea groups is 1. The van der Waals surface area contributed by atoms with Gasteiger partial charge in [0.15, 0.2) is 0 Å². The number of nitrogens with zero attached hydrogens (tertiary/aromatic N) is 1. The number of carboxylic acid groups (broad SMARTS) is 1. The Labute approximate surface area is 112 Å². The van der Waals surface area contributed by atoms with E-state index in [4.69, 9.17) is 5.11 Å². The predicted molar refractivity (Wildman–Crippen MR) is 72.6 cm³/mol. The minimum absolute atomic E-state index is 0.00124. The van der Waals surface area contributed by atoms with Gasteiger partial charge >= 0.3 is 12.0 Å². The molecule has 18 heavy (non-hydrogen) atoms. The molecule has 0 unspecified atom stereocenters. The molecule has 0 aromatic heterocycles. The zero-order valence-corrected chi connectivity index (χ0v) is 12.2. The van der Waals surface area contributed by atoms with Gasteiger partial charge in [-0.25, -0.2) is 9.59 Å². The highest BCUT2D eigenvalue weighted by molar-refractivity contribution is 7.99. The van der Waals surface area contributed by atoms with Gasteiger partial charge in [0.2, 0.25) is 0 Å². The number of aliphatic carboxylic acids is 1. The summed E-state index contributed by atoms with van der Waals surface area (Å²) in [7, 11) is 0. The lowest BCUT2D eigenvalue weighted by atomic mass is 9.81. The van der Waals surface area contributed by atoms with Crippen LogP contribution in [0.2, 0.25) is 0 Å². The Hall–Kier alpha value is -0.910. The Kier molecular flexibility index (Phi) is 4.90. The summed E-state index contributed by atoms with van der Waals surface area (Å²) in [5.41, 5.74) is 0.00124. The van der Waals surface area contributed by atoms with E-state index in [1.165, 1.54) is 16.7 Å². The van der Waals surface area contributed by atoms with Gasteiger partial charge in [0.25, 0.3) is 0 Å². The maximum atomic E-state index is 12.0. The number of carboxylic acids is 1. The second-order valence-corrected chi connectivity index (χ2v) is 6.63. The normalized spacial score (nSPS) is 20.3. The highest BCUT2D eigenvalue weighted by atomic mass is 32.2. The van der Waals surface area contributed by atoms with Gasteiger partial charge in [-0.2, -0.15) is 0 Å². The van der Waals surface area contributed by atoms with Crippen LogP contribution in [0, 0.1) is 11.3 Å². The number of carbonyl (C=O) groups excluding carboxylic acids is 1. The molecule has 0 radical (unpaired) electrons. The Bertz CT molecular complexity index is 331. The molecule has 0 aromatic rings. The average Bonchev–Trinajstić information content (AvgIpc) is 2.74. The van der Waals surface area contributed by atoms with Crippen molar-refractivity contribution in [2.24, 2.45) is 11.3 Å². The quantitative estimate of drug-likeness (QED) is 0.820. The molecule has 0 spiro atoms. The number of amides is 2. The first-order valence-electron chi connectivity index (χ1n) is 6.10. The molecule has 1 rings (SSSR count). The second-order valence-electron chi connectivity index (χ2n) is 5.63. The highest BCUT2D eigenvalue weighted by Gasteiger charge is 2.35. The van der Waals surface area contributed by atoms with Gasteiger partial charge in [0, 0.05) is 12.3 Å². The van der Waals surface area contributed by atoms with E-state index in [0.717, 1.165) is 0 Å². The van der Waals surface area contributed by atoms with Crippen LogP contribution in [0.25, 0.3) is 0 Å². The third kappa shape index (κ3) is 3.54. The van der Waals surface area contributed by atoms with Gasteiger partial charge in [0.05, 0.1) is 5.88 Å². The minimum Gasteiger partial charge on any atom is -0.480 e. The lowest BCUT2D eigenvalue weighted by molar-refractivity contribution is -0.140. The molecule has 0 bridgehead atoms. The predicted octanol–water partition coefficient (Wildman–Crippen LogP) is 1.84. The van der Waals surface area contributed by atoms with Crippen molar-refractivity contribution in [3.63, 3.8) is 0 Å². The first kappa shape index (κ1) is 15.1. The van der Waals surface area contributed by atoms with Crippen molar-refractivity contribution in [2.75, 3.05) is 18.2 Å². The van der Waals surface area contributed by atoms with Crippen LogP contribution in [0.5, 0.6) is 0 Å². The summed E-state index contributed by atoms with van der Waals surface area (Å²) in [5, 5.41) is 11.9. The molecule has 0 saturated carbocycles. The molecule has 1 aliphatic heterocycles. The van der Waals surface area contributed by atoms with Crippen LogP contribution >= 0.6 is 11.8 Å². The third-order valence-electron chi connectivity index (χ3n) is 3.69. The van der Waals surface area contributed by atoms with Crippen molar-refractivity contribution >= 4 is 23.8 Å². The molecule has 2 N–H and O–H groups in total. The van der Waals surface area contributed by atoms with Crippen molar-refractivity contribution in [3.8, 4) is 0 Å². The molecule has 0 aromatic carbocycles. The molecule has 1 fully saturated rings. The van der Waals surface area contributed by atoms with Crippen molar-refractivity contribution in [1.82, 2.24) is 10.2 Å². The van der Waals surface area contributed by atoms with E-state index in [-0.39, 0.29) is 11.4 Å². The zero-order chi connectivity index (χ0) is 13.9. The van der Waals surface area contributed by atoms with Crippen molar-refractivity contribution in [2.45, 2.75) is 33.7 Å². The summed E-state index contributed by atoms with van der Waals surface area (Å²) in [4.78, 5) is 24.4. The molecular formula is C12H22N2O3S. The molecular weight excluding hydrogens is 252 g/mol. The van der Waals surface area contributed by atoms with Crippen molar-refractivity contribution in [3.05, 3.63) is 0 Å². The number of nitrogens with one attached hydrogen (secondary N) is 1. The first-order chi connectivity index (χ1) is 8.25. The van der Waals surface area contributed by atoms with Gasteiger partial charge in [-0.3, -0.25) is 0 Å². The lowest BCUT2D eigenvalue weighted by Crippen LogP contribution is -2.49. The lowest BCUT2D eigenvalue weighted by Gasteiger charge is -2.31. The van der Waals surface area contributed by atoms with Crippen LogP contribution in [-0.2, 0) is 4.79 Å². The number of hydrogen-bond donors (Lipinski definition) is 2. The van der Waals surface area contributed by atoms with Crippen LogP contribution in [-0.4, -0.2) is 46.2 Å². The van der Waals surface area contributed by atoms with Crippen LogP contribution in [0.4, 0.5) is 4.79 Å². The minimum atomic E-state index is -0.932. The number of rotatable bonds is 4. The summed E-state index contributed by atoms with van der Waals surface area (Å²) in [6, 6.07) is -0.974. The monoisotopic (exact) mass is 274 g/mol. The number of thioether (sulfide) groups is 1. The van der Waals surface area contributed by atoms with Gasteiger partial charge in [-0.05, 0) is 11.3 Å². The summed E-state index contributed by atoms with van der Waals surface area (Å²) < 4.78 is 0. The van der Waals surface area contributed by atoms with Crippen LogP contribution in [0.1, 0.15) is 27.7 Å². The topological polar surface area (TPSA) is 69.6 Å². The first-order valence-corrected chi connectivity index (χ1v) is 7.26. The maximum absolute atomic E-state index is 12.0. The van der Waals surface area contributed by atoms with E-state index < -0.39 is 12.0 Å². The fourth-order valence-corrected chi connectivity index (χ4v) is 2.60. The summed E-state index contributed by atoms with van der Waals surface area (Å²) in [6.07, 6.45) is 0. The Morgan fingerprint density at radius 1 is 1.50 bits per heavy atom. The standard InChI is InChI=1S/C12H22N2O3S/c1-8(2)12(3,4)6-13-11(17)14-7-18-5-9(14)10(15)16/h8-9H,5-7H2,1-4H3,(H,13,17)(H,15,16)/t9-/m0/s1. The molecule has 1 aliphatic rings. The van der Waals surface area contributed by atoms with Crippen LogP contribution in [0.15, 0.2) is 0 Å². The van der Waals surface area contributed by atoms with Gasteiger partial charge < -0.3 is 15.3 Å². The molecule has 5 nitrogen and oxygen atoms in total. The second kappa shape index (κ2) is 5.82. The third-order valence-corrected chi connectivity index (χ3v) is 4.70. The fourth-order valence-electron chi connectivity index (χ4n) is 1.46. The van der Waals surface area contributed by atoms with E-state index in [1.54, 1.807) is 0 Å². The van der Waals surface area contributed by atoms with E-state index in [9.17, 15) is 9.59 Å². The van der Waals surface area contributed by atoms with Crippen LogP contribution < -0.4 is 5.32 Å². The molecule has 1 saturated heterocycles. The number of carbonyl (C=O) groups is 2. The maximum Gasteiger partial charge on any atom is 0.327 e. The van der Waals surface area contributed by atoms with Gasteiger partial charge in [-0.1, -0.05) is 27.7 Å². The van der Waals surface area contributed by atoms with E-state index in [2.05, 4.69) is 33.0 Å². The largest absolute Gasteiger partial charge is 0.480 e. The summed E-state index contributed by atoms with van der Waals surface area (Å²) >= 11 is 1.47. The molecule has 1 atom stereocenters. The van der Waals surface area contributed by atoms with Gasteiger partial charge in [-0.15, -0.1) is 11.8 Å². The molecule has 1 heterocycles. The summed E-state index contributed by atoms with van der Waals surface area (Å²) in [5.74, 6) is 0.431. The number of hydrogen-bond acceptors (Lipinski definition) is 3. The Morgan fingerprint density at radius 2 is 2.11 bits per heavy atom. The fraction of sp³-hybridized carbons (Fsp3) is 0.833. The molecule has 2 amide bonds. The van der Waals surface area contributed by atoms with E-state index in [0.29, 0.717) is 24.1 Å². The van der Waals surface area contributed by atoms with Crippen molar-refractivity contribution < 1.29 is 14.7 Å². The average molecular weight is 274 g/mol. The smallest absolute Gasteiger partial charge is 0.327 e. The van der Waals surface area contributed by atoms with Crippen LogP contribution in [0.3, 0.4) is 0 Å². The SMILES string of the molecule is CC(C)C(C)(C)CNC(=O)N1CSC[C@H]1C(=O)O. The van der Waals surface area contributed by atoms with E-state index >= 15 is 0 Å². The van der Waals surface area contributed by atoms with Crippen molar-refractivity contribution in [1.29, 1.82) is 0 Å². The molecule has 104 valence electrons. The molecule has 6 heteroatoms. The summed E-state index contributed by atoms with van der Waals surface area (Å²) in [6.45, 7) is 8.95. The highest BCUT2D eigenvalue weighted by Crippen LogP contribution is 2.25. The zero-order valence-electron chi connectivity index (χ0n) is 11.4. The molecule has 0 aliphatic carbocycles. The Balaban J connectivity index is 2.53. The van der Waals surface area contributed by atoms with Gasteiger partial charge in [0.1, 0.15) is 6.04 Å².